The summed E-state index contributed by atoms with van der Waals surface area (Å²) >= 11 is 0. The molecule has 2 aliphatic heterocycles. The van der Waals surface area contributed by atoms with Crippen LogP contribution in [-0.4, -0.2) is 100 Å². The standard InChI is InChI=1S/C25H30N6O9/c32-20-5-4-19(23(35)27-20)31-24(36)17-2-1-3-18(22(17)25(31)37)26-14-16-15-30(29-28-16)7-9-39-11-13-40-12-10-38-8-6-21(33)34/h1-3,15,19,26H,4-14H2,(H,33,34)(H,27,32,35). The predicted molar refractivity (Wildman–Crippen MR) is 135 cm³/mol. The van der Waals surface area contributed by atoms with Gasteiger partial charge in [0.1, 0.15) is 11.7 Å². The van der Waals surface area contributed by atoms with Gasteiger partial charge < -0.3 is 24.6 Å². The number of carbonyl (C=O) groups excluding carboxylic acids is 4. The molecule has 2 aliphatic rings. The van der Waals surface area contributed by atoms with Crippen LogP contribution in [0.25, 0.3) is 0 Å². The van der Waals surface area contributed by atoms with Gasteiger partial charge in [0, 0.05) is 12.1 Å². The Morgan fingerprint density at radius 3 is 2.48 bits per heavy atom. The summed E-state index contributed by atoms with van der Waals surface area (Å²) in [6.45, 7) is 2.64. The Morgan fingerprint density at radius 2 is 1.75 bits per heavy atom. The summed E-state index contributed by atoms with van der Waals surface area (Å²) in [6.07, 6.45) is 1.83. The van der Waals surface area contributed by atoms with Gasteiger partial charge in [0.05, 0.1) is 76.5 Å². The summed E-state index contributed by atoms with van der Waals surface area (Å²) in [5.74, 6) is -3.15. The van der Waals surface area contributed by atoms with E-state index in [9.17, 15) is 24.0 Å². The minimum absolute atomic E-state index is 0.0384. The minimum Gasteiger partial charge on any atom is -0.481 e. The summed E-state index contributed by atoms with van der Waals surface area (Å²) in [5, 5.41) is 22.0. The molecular weight excluding hydrogens is 528 g/mol. The third-order valence-corrected chi connectivity index (χ3v) is 6.18. The molecule has 1 aromatic carbocycles. The van der Waals surface area contributed by atoms with Crippen LogP contribution in [0.1, 0.15) is 45.7 Å². The number of hydrogen-bond acceptors (Lipinski definition) is 11. The van der Waals surface area contributed by atoms with Crippen molar-refractivity contribution in [3.05, 3.63) is 41.2 Å². The van der Waals surface area contributed by atoms with Crippen molar-refractivity contribution >= 4 is 35.3 Å². The largest absolute Gasteiger partial charge is 0.481 e. The predicted octanol–water partition coefficient (Wildman–Crippen LogP) is -0.184. The number of ether oxygens (including phenoxy) is 3. The topological polar surface area (TPSA) is 191 Å². The Morgan fingerprint density at radius 1 is 1.02 bits per heavy atom. The number of carboxylic acids is 1. The molecule has 0 aliphatic carbocycles. The van der Waals surface area contributed by atoms with Crippen molar-refractivity contribution < 1.29 is 43.3 Å². The number of carboxylic acid groups (broad SMARTS) is 1. The number of piperidine rings is 1. The van der Waals surface area contributed by atoms with Crippen molar-refractivity contribution in [3.63, 3.8) is 0 Å². The number of aliphatic carboxylic acids is 1. The number of imide groups is 2. The molecule has 40 heavy (non-hydrogen) atoms. The maximum Gasteiger partial charge on any atom is 0.305 e. The molecule has 1 saturated heterocycles. The quantitative estimate of drug-likeness (QED) is 0.182. The van der Waals surface area contributed by atoms with Gasteiger partial charge in [-0.3, -0.25) is 34.2 Å². The van der Waals surface area contributed by atoms with Crippen LogP contribution in [-0.2, 0) is 41.7 Å². The monoisotopic (exact) mass is 558 g/mol. The van der Waals surface area contributed by atoms with E-state index in [1.54, 1.807) is 23.0 Å². The highest BCUT2D eigenvalue weighted by molar-refractivity contribution is 6.25. The van der Waals surface area contributed by atoms with Gasteiger partial charge in [-0.25, -0.2) is 4.68 Å². The second-order valence-corrected chi connectivity index (χ2v) is 8.98. The summed E-state index contributed by atoms with van der Waals surface area (Å²) in [7, 11) is 0. The third kappa shape index (κ3) is 7.25. The molecule has 0 bridgehead atoms. The maximum absolute atomic E-state index is 13.2. The molecule has 15 heteroatoms. The van der Waals surface area contributed by atoms with E-state index in [4.69, 9.17) is 19.3 Å². The van der Waals surface area contributed by atoms with E-state index in [1.807, 2.05) is 0 Å². The molecule has 1 atom stereocenters. The van der Waals surface area contributed by atoms with Crippen LogP contribution in [0.2, 0.25) is 0 Å². The molecule has 4 rings (SSSR count). The number of fused-ring (bicyclic) bond motifs is 1. The van der Waals surface area contributed by atoms with Gasteiger partial charge in [-0.1, -0.05) is 11.3 Å². The smallest absolute Gasteiger partial charge is 0.305 e. The SMILES string of the molecule is O=C(O)CCOCCOCCOCCn1cc(CNc2cccc3c2C(=O)N(C2CCC(=O)NC2=O)C3=O)nn1. The number of benzene rings is 1. The molecule has 3 heterocycles. The number of hydrogen-bond donors (Lipinski definition) is 3. The molecule has 15 nitrogen and oxygen atoms in total. The number of rotatable bonds is 16. The lowest BCUT2D eigenvalue weighted by Crippen LogP contribution is -2.54. The van der Waals surface area contributed by atoms with E-state index in [1.165, 1.54) is 6.07 Å². The second kappa shape index (κ2) is 13.7. The lowest BCUT2D eigenvalue weighted by molar-refractivity contribution is -0.138. The molecule has 3 N–H and O–H groups in total. The van der Waals surface area contributed by atoms with Crippen LogP contribution in [0, 0.1) is 0 Å². The Labute approximate surface area is 228 Å². The first-order valence-corrected chi connectivity index (χ1v) is 12.8. The van der Waals surface area contributed by atoms with E-state index in [2.05, 4.69) is 20.9 Å². The minimum atomic E-state index is -1.03. The Bertz CT molecular complexity index is 1260. The van der Waals surface area contributed by atoms with Crippen LogP contribution >= 0.6 is 0 Å². The molecule has 0 spiro atoms. The Kier molecular flexibility index (Phi) is 9.88. The highest BCUT2D eigenvalue weighted by Crippen LogP contribution is 2.32. The molecule has 1 aromatic heterocycles. The van der Waals surface area contributed by atoms with E-state index < -0.39 is 35.6 Å². The van der Waals surface area contributed by atoms with Gasteiger partial charge in [0.15, 0.2) is 0 Å². The molecule has 1 fully saturated rings. The molecule has 4 amide bonds. The summed E-state index contributed by atoms with van der Waals surface area (Å²) in [5.41, 5.74) is 1.39. The van der Waals surface area contributed by atoms with Crippen molar-refractivity contribution in [1.29, 1.82) is 0 Å². The van der Waals surface area contributed by atoms with Crippen LogP contribution in [0.15, 0.2) is 24.4 Å². The molecule has 0 saturated carbocycles. The number of anilines is 1. The van der Waals surface area contributed by atoms with E-state index >= 15 is 0 Å². The zero-order valence-corrected chi connectivity index (χ0v) is 21.7. The highest BCUT2D eigenvalue weighted by Gasteiger charge is 2.45. The van der Waals surface area contributed by atoms with Crippen molar-refractivity contribution in [2.24, 2.45) is 0 Å². The van der Waals surface area contributed by atoms with E-state index in [-0.39, 0.29) is 43.5 Å². The zero-order chi connectivity index (χ0) is 28.5. The molecule has 0 radical (unpaired) electrons. The Hall–Kier alpha value is -4.21. The van der Waals surface area contributed by atoms with Gasteiger partial charge in [0.25, 0.3) is 11.8 Å². The lowest BCUT2D eigenvalue weighted by Gasteiger charge is -2.27. The normalized spacial score (nSPS) is 16.8. The summed E-state index contributed by atoms with van der Waals surface area (Å²) in [4.78, 5) is 61.2. The van der Waals surface area contributed by atoms with Crippen molar-refractivity contribution in [2.45, 2.75) is 38.4 Å². The van der Waals surface area contributed by atoms with Crippen LogP contribution < -0.4 is 10.6 Å². The van der Waals surface area contributed by atoms with Crippen molar-refractivity contribution in [1.82, 2.24) is 25.2 Å². The average Bonchev–Trinajstić information content (AvgIpc) is 3.48. The maximum atomic E-state index is 13.2. The first-order chi connectivity index (χ1) is 19.3. The van der Waals surface area contributed by atoms with Crippen LogP contribution in [0.3, 0.4) is 0 Å². The number of amides is 4. The van der Waals surface area contributed by atoms with E-state index in [0.29, 0.717) is 51.0 Å². The van der Waals surface area contributed by atoms with Crippen molar-refractivity contribution in [2.75, 3.05) is 45.0 Å². The average molecular weight is 559 g/mol. The zero-order valence-electron chi connectivity index (χ0n) is 21.7. The fraction of sp³-hybridized carbons (Fsp3) is 0.480. The number of nitrogens with zero attached hydrogens (tertiary/aromatic N) is 4. The molecule has 1 unspecified atom stereocenters. The van der Waals surface area contributed by atoms with Gasteiger partial charge in [-0.2, -0.15) is 0 Å². The van der Waals surface area contributed by atoms with Gasteiger partial charge >= 0.3 is 5.97 Å². The summed E-state index contributed by atoms with van der Waals surface area (Å²) in [6, 6.07) is 3.81. The molecule has 2 aromatic rings. The lowest BCUT2D eigenvalue weighted by atomic mass is 10.0. The van der Waals surface area contributed by atoms with Gasteiger partial charge in [0.2, 0.25) is 11.8 Å². The number of nitrogens with one attached hydrogen (secondary N) is 2. The summed E-state index contributed by atoms with van der Waals surface area (Å²) < 4.78 is 17.6. The first-order valence-electron chi connectivity index (χ1n) is 12.8. The third-order valence-electron chi connectivity index (χ3n) is 6.18. The van der Waals surface area contributed by atoms with E-state index in [0.717, 1.165) is 4.90 Å². The van der Waals surface area contributed by atoms with Crippen LogP contribution in [0.5, 0.6) is 0 Å². The first kappa shape index (κ1) is 28.8. The fourth-order valence-electron chi connectivity index (χ4n) is 4.24. The van der Waals surface area contributed by atoms with Gasteiger partial charge in [-0.05, 0) is 18.6 Å². The van der Waals surface area contributed by atoms with Gasteiger partial charge in [-0.15, -0.1) is 5.10 Å². The Balaban J connectivity index is 1.19. The molecule has 214 valence electrons. The number of aromatic nitrogens is 3. The van der Waals surface area contributed by atoms with Crippen LogP contribution in [0.4, 0.5) is 5.69 Å². The highest BCUT2D eigenvalue weighted by atomic mass is 16.5. The van der Waals surface area contributed by atoms with Crippen molar-refractivity contribution in [3.8, 4) is 0 Å². The number of carbonyl (C=O) groups is 5. The molecular formula is C25H30N6O9. The second-order valence-electron chi connectivity index (χ2n) is 8.98. The fourth-order valence-corrected chi connectivity index (χ4v) is 4.24.